The van der Waals surface area contributed by atoms with Crippen LogP contribution in [0.3, 0.4) is 0 Å². The average Bonchev–Trinajstić information content (AvgIpc) is 3.26. The van der Waals surface area contributed by atoms with Crippen molar-refractivity contribution in [3.05, 3.63) is 54.0 Å². The first-order valence-corrected chi connectivity index (χ1v) is 8.33. The van der Waals surface area contributed by atoms with Crippen molar-refractivity contribution in [2.45, 2.75) is 32.2 Å². The summed E-state index contributed by atoms with van der Waals surface area (Å²) in [5, 5.41) is 0. The molecule has 0 saturated carbocycles. The van der Waals surface area contributed by atoms with E-state index in [2.05, 4.69) is 29.2 Å². The van der Waals surface area contributed by atoms with Crippen molar-refractivity contribution in [1.29, 1.82) is 0 Å². The van der Waals surface area contributed by atoms with Crippen molar-refractivity contribution in [3.8, 4) is 0 Å². The summed E-state index contributed by atoms with van der Waals surface area (Å²) >= 11 is 0. The molecule has 1 aliphatic heterocycles. The van der Waals surface area contributed by atoms with Gasteiger partial charge in [-0.3, -0.25) is 4.79 Å². The highest BCUT2D eigenvalue weighted by Crippen LogP contribution is 2.25. The Labute approximate surface area is 137 Å². The number of rotatable bonds is 6. The molecule has 122 valence electrons. The quantitative estimate of drug-likeness (QED) is 0.819. The number of carbonyl (C=O) groups excluding carboxylic acids is 1. The van der Waals surface area contributed by atoms with Gasteiger partial charge < -0.3 is 14.2 Å². The Kier molecular flexibility index (Phi) is 5.01. The molecule has 1 aromatic carbocycles. The highest BCUT2D eigenvalue weighted by atomic mass is 16.3. The van der Waals surface area contributed by atoms with E-state index in [9.17, 15) is 4.79 Å². The van der Waals surface area contributed by atoms with Gasteiger partial charge in [-0.05, 0) is 36.6 Å². The molecular formula is C19H24N2O2. The fraction of sp³-hybridized carbons (Fsp3) is 0.421. The summed E-state index contributed by atoms with van der Waals surface area (Å²) < 4.78 is 5.29. The van der Waals surface area contributed by atoms with Gasteiger partial charge in [0.1, 0.15) is 5.76 Å². The van der Waals surface area contributed by atoms with Crippen molar-refractivity contribution in [3.63, 3.8) is 0 Å². The Morgan fingerprint density at radius 3 is 2.70 bits per heavy atom. The molecule has 0 aliphatic carbocycles. The lowest BCUT2D eigenvalue weighted by molar-refractivity contribution is -0.130. The second kappa shape index (κ2) is 7.36. The molecule has 1 amide bonds. The smallest absolute Gasteiger partial charge is 0.223 e. The van der Waals surface area contributed by atoms with E-state index in [-0.39, 0.29) is 5.91 Å². The summed E-state index contributed by atoms with van der Waals surface area (Å²) in [5.74, 6) is 1.02. The van der Waals surface area contributed by atoms with Crippen molar-refractivity contribution < 1.29 is 9.21 Å². The minimum absolute atomic E-state index is 0.151. The Balaban J connectivity index is 1.60. The van der Waals surface area contributed by atoms with Crippen LogP contribution in [-0.2, 0) is 17.8 Å². The lowest BCUT2D eigenvalue weighted by atomic mass is 10.1. The standard InChI is InChI=1S/C19H24N2O2/c1-20(19(22)11-10-17-8-6-14-23-17)15-16-7-2-3-9-18(16)21-12-4-5-13-21/h2-3,6-9,14H,4-5,10-13,15H2,1H3. The molecule has 0 N–H and O–H groups in total. The van der Waals surface area contributed by atoms with Crippen molar-refractivity contribution in [2.75, 3.05) is 25.0 Å². The Hall–Kier alpha value is -2.23. The van der Waals surface area contributed by atoms with Gasteiger partial charge in [0.15, 0.2) is 0 Å². The minimum atomic E-state index is 0.151. The Bertz CT molecular complexity index is 631. The maximum Gasteiger partial charge on any atom is 0.223 e. The molecule has 0 atom stereocenters. The van der Waals surface area contributed by atoms with Crippen LogP contribution in [0.1, 0.15) is 30.6 Å². The van der Waals surface area contributed by atoms with Crippen LogP contribution < -0.4 is 4.90 Å². The molecule has 2 heterocycles. The second-order valence-corrected chi connectivity index (χ2v) is 6.15. The van der Waals surface area contributed by atoms with E-state index >= 15 is 0 Å². The molecular weight excluding hydrogens is 288 g/mol. The SMILES string of the molecule is CN(Cc1ccccc1N1CCCC1)C(=O)CCc1ccco1. The second-order valence-electron chi connectivity index (χ2n) is 6.15. The summed E-state index contributed by atoms with van der Waals surface area (Å²) in [6.07, 6.45) is 5.30. The number of amides is 1. The minimum Gasteiger partial charge on any atom is -0.469 e. The predicted octanol–water partition coefficient (Wildman–Crippen LogP) is 3.47. The molecule has 0 bridgehead atoms. The summed E-state index contributed by atoms with van der Waals surface area (Å²) in [6.45, 7) is 2.89. The monoisotopic (exact) mass is 312 g/mol. The summed E-state index contributed by atoms with van der Waals surface area (Å²) in [7, 11) is 1.88. The summed E-state index contributed by atoms with van der Waals surface area (Å²) in [5.41, 5.74) is 2.50. The molecule has 0 spiro atoms. The zero-order valence-electron chi connectivity index (χ0n) is 13.7. The number of hydrogen-bond acceptors (Lipinski definition) is 3. The third kappa shape index (κ3) is 3.95. The maximum absolute atomic E-state index is 12.3. The predicted molar refractivity (Wildman–Crippen MR) is 91.4 cm³/mol. The van der Waals surface area contributed by atoms with Crippen molar-refractivity contribution in [1.82, 2.24) is 4.90 Å². The Morgan fingerprint density at radius 2 is 1.96 bits per heavy atom. The number of hydrogen-bond donors (Lipinski definition) is 0. The largest absolute Gasteiger partial charge is 0.469 e. The van der Waals surface area contributed by atoms with Crippen molar-refractivity contribution >= 4 is 11.6 Å². The average molecular weight is 312 g/mol. The number of anilines is 1. The fourth-order valence-corrected chi connectivity index (χ4v) is 3.13. The molecule has 1 fully saturated rings. The van der Waals surface area contributed by atoms with Crippen molar-refractivity contribution in [2.24, 2.45) is 0 Å². The zero-order valence-corrected chi connectivity index (χ0v) is 13.7. The van der Waals surface area contributed by atoms with Gasteiger partial charge in [-0.2, -0.15) is 0 Å². The van der Waals surface area contributed by atoms with Gasteiger partial charge in [0.25, 0.3) is 0 Å². The fourth-order valence-electron chi connectivity index (χ4n) is 3.13. The number of para-hydroxylation sites is 1. The normalized spacial score (nSPS) is 14.2. The van der Waals surface area contributed by atoms with Crippen LogP contribution in [0.15, 0.2) is 47.1 Å². The van der Waals surface area contributed by atoms with Gasteiger partial charge >= 0.3 is 0 Å². The molecule has 1 saturated heterocycles. The summed E-state index contributed by atoms with van der Waals surface area (Å²) in [6, 6.07) is 12.2. The van der Waals surface area contributed by atoms with E-state index in [1.54, 1.807) is 6.26 Å². The first kappa shape index (κ1) is 15.7. The lowest BCUT2D eigenvalue weighted by Crippen LogP contribution is -2.28. The molecule has 0 radical (unpaired) electrons. The molecule has 2 aromatic rings. The molecule has 23 heavy (non-hydrogen) atoms. The van der Waals surface area contributed by atoms with Gasteiger partial charge in [-0.1, -0.05) is 18.2 Å². The summed E-state index contributed by atoms with van der Waals surface area (Å²) in [4.78, 5) is 16.6. The highest BCUT2D eigenvalue weighted by molar-refractivity contribution is 5.76. The first-order valence-electron chi connectivity index (χ1n) is 8.33. The van der Waals surface area contributed by atoms with Crippen LogP contribution in [0, 0.1) is 0 Å². The highest BCUT2D eigenvalue weighted by Gasteiger charge is 2.17. The van der Waals surface area contributed by atoms with Crippen LogP contribution in [-0.4, -0.2) is 30.9 Å². The number of aryl methyl sites for hydroxylation is 1. The van der Waals surface area contributed by atoms with Gasteiger partial charge in [0.2, 0.25) is 5.91 Å². The van der Waals surface area contributed by atoms with Crippen LogP contribution >= 0.6 is 0 Å². The van der Waals surface area contributed by atoms with E-state index in [4.69, 9.17) is 4.42 Å². The number of benzene rings is 1. The van der Waals surface area contributed by atoms with E-state index < -0.39 is 0 Å². The zero-order chi connectivity index (χ0) is 16.1. The van der Waals surface area contributed by atoms with Gasteiger partial charge in [0, 0.05) is 45.2 Å². The molecule has 1 aliphatic rings. The van der Waals surface area contributed by atoms with Gasteiger partial charge in [0.05, 0.1) is 6.26 Å². The molecule has 4 nitrogen and oxygen atoms in total. The molecule has 1 aromatic heterocycles. The van der Waals surface area contributed by atoms with Crippen LogP contribution in [0.5, 0.6) is 0 Å². The maximum atomic E-state index is 12.3. The number of nitrogens with zero attached hydrogens (tertiary/aromatic N) is 2. The van der Waals surface area contributed by atoms with Crippen LogP contribution in [0.25, 0.3) is 0 Å². The Morgan fingerprint density at radius 1 is 1.17 bits per heavy atom. The van der Waals surface area contributed by atoms with E-state index in [0.717, 1.165) is 18.8 Å². The number of furan rings is 1. The van der Waals surface area contributed by atoms with E-state index in [1.807, 2.05) is 24.1 Å². The van der Waals surface area contributed by atoms with Crippen LogP contribution in [0.2, 0.25) is 0 Å². The topological polar surface area (TPSA) is 36.7 Å². The van der Waals surface area contributed by atoms with E-state index in [0.29, 0.717) is 19.4 Å². The molecule has 4 heteroatoms. The van der Waals surface area contributed by atoms with Gasteiger partial charge in [-0.25, -0.2) is 0 Å². The number of carbonyl (C=O) groups is 1. The van der Waals surface area contributed by atoms with E-state index in [1.165, 1.54) is 24.1 Å². The lowest BCUT2D eigenvalue weighted by Gasteiger charge is -2.24. The third-order valence-electron chi connectivity index (χ3n) is 4.44. The third-order valence-corrected chi connectivity index (χ3v) is 4.44. The van der Waals surface area contributed by atoms with Crippen LogP contribution in [0.4, 0.5) is 5.69 Å². The molecule has 0 unspecified atom stereocenters. The molecule has 3 rings (SSSR count). The van der Waals surface area contributed by atoms with Gasteiger partial charge in [-0.15, -0.1) is 0 Å². The first-order chi connectivity index (χ1) is 11.2.